The van der Waals surface area contributed by atoms with Crippen molar-refractivity contribution in [3.63, 3.8) is 0 Å². The van der Waals surface area contributed by atoms with Crippen molar-refractivity contribution in [2.24, 2.45) is 10.3 Å². The normalized spacial score (nSPS) is 21.2. The Kier molecular flexibility index (Phi) is 4.96. The Labute approximate surface area is 183 Å². The summed E-state index contributed by atoms with van der Waals surface area (Å²) in [5.41, 5.74) is 2.47. The molecule has 3 amide bonds. The average Bonchev–Trinajstić information content (AvgIpc) is 3.32. The quantitative estimate of drug-likeness (QED) is 0.710. The lowest BCUT2D eigenvalue weighted by Gasteiger charge is -2.22. The Bertz CT molecular complexity index is 1120. The number of hydrogen-bond donors (Lipinski definition) is 1. The van der Waals surface area contributed by atoms with Gasteiger partial charge in [0.2, 0.25) is 5.91 Å². The van der Waals surface area contributed by atoms with Gasteiger partial charge in [-0.1, -0.05) is 35.1 Å². The van der Waals surface area contributed by atoms with Crippen molar-refractivity contribution in [1.29, 1.82) is 0 Å². The Morgan fingerprint density at radius 2 is 1.81 bits per heavy atom. The van der Waals surface area contributed by atoms with Crippen molar-refractivity contribution in [3.8, 4) is 11.5 Å². The molecule has 2 atom stereocenters. The van der Waals surface area contributed by atoms with Crippen molar-refractivity contribution >= 4 is 23.4 Å². The number of ether oxygens (including phenoxy) is 2. The van der Waals surface area contributed by atoms with Crippen molar-refractivity contribution in [1.82, 2.24) is 10.3 Å². The van der Waals surface area contributed by atoms with Crippen molar-refractivity contribution in [2.75, 3.05) is 24.7 Å². The van der Waals surface area contributed by atoms with Gasteiger partial charge in [0.1, 0.15) is 19.8 Å². The lowest BCUT2D eigenvalue weighted by Crippen LogP contribution is -2.44. The maximum atomic E-state index is 13.1. The molecule has 3 aliphatic heterocycles. The van der Waals surface area contributed by atoms with Crippen LogP contribution in [0.25, 0.3) is 0 Å². The van der Waals surface area contributed by atoms with Gasteiger partial charge in [0, 0.05) is 12.6 Å². The molecule has 10 nitrogen and oxygen atoms in total. The average molecular weight is 435 g/mol. The van der Waals surface area contributed by atoms with E-state index in [4.69, 9.17) is 9.47 Å². The van der Waals surface area contributed by atoms with Crippen LogP contribution in [-0.2, 0) is 20.9 Å². The van der Waals surface area contributed by atoms with Crippen LogP contribution < -0.4 is 19.7 Å². The number of anilines is 1. The van der Waals surface area contributed by atoms with Crippen LogP contribution >= 0.6 is 0 Å². The van der Waals surface area contributed by atoms with E-state index in [2.05, 4.69) is 15.7 Å². The largest absolute Gasteiger partial charge is 0.486 e. The second kappa shape index (κ2) is 7.95. The summed E-state index contributed by atoms with van der Waals surface area (Å²) in [7, 11) is 0. The Morgan fingerprint density at radius 1 is 1.06 bits per heavy atom. The molecular weight excluding hydrogens is 414 g/mol. The minimum atomic E-state index is -0.972. The number of carbonyl (C=O) groups is 3. The van der Waals surface area contributed by atoms with E-state index in [-0.39, 0.29) is 12.5 Å². The summed E-state index contributed by atoms with van der Waals surface area (Å²) in [6.45, 7) is 3.01. The highest BCUT2D eigenvalue weighted by Crippen LogP contribution is 2.37. The molecular formula is C22H21N5O5. The van der Waals surface area contributed by atoms with Gasteiger partial charge >= 0.3 is 0 Å². The SMILES string of the molecule is Cc1ccc(CNC(=O)CN2N=NC3C(=O)N(c4ccc5c(c4)OCCO5)C(=O)C32)cc1. The zero-order valence-electron chi connectivity index (χ0n) is 17.4. The third-order valence-corrected chi connectivity index (χ3v) is 5.56. The van der Waals surface area contributed by atoms with Crippen LogP contribution in [0.4, 0.5) is 5.69 Å². The molecule has 0 aromatic heterocycles. The molecule has 1 fully saturated rings. The topological polar surface area (TPSA) is 113 Å². The van der Waals surface area contributed by atoms with Gasteiger partial charge in [-0.15, -0.1) is 0 Å². The molecule has 0 saturated carbocycles. The zero-order chi connectivity index (χ0) is 22.2. The van der Waals surface area contributed by atoms with E-state index in [1.54, 1.807) is 18.2 Å². The fraction of sp³-hybridized carbons (Fsp3) is 0.318. The summed E-state index contributed by atoms with van der Waals surface area (Å²) < 4.78 is 11.0. The number of fused-ring (bicyclic) bond motifs is 2. The monoisotopic (exact) mass is 435 g/mol. The lowest BCUT2D eigenvalue weighted by atomic mass is 10.1. The summed E-state index contributed by atoms with van der Waals surface area (Å²) in [6.07, 6.45) is 0. The number of carbonyl (C=O) groups excluding carboxylic acids is 3. The first-order valence-electron chi connectivity index (χ1n) is 10.3. The molecule has 1 N–H and O–H groups in total. The fourth-order valence-corrected chi connectivity index (χ4v) is 3.89. The molecule has 3 heterocycles. The van der Waals surface area contributed by atoms with Gasteiger partial charge in [-0.2, -0.15) is 5.11 Å². The fourth-order valence-electron chi connectivity index (χ4n) is 3.89. The molecule has 2 unspecified atom stereocenters. The molecule has 5 rings (SSSR count). The van der Waals surface area contributed by atoms with Gasteiger partial charge in [0.15, 0.2) is 23.6 Å². The summed E-state index contributed by atoms with van der Waals surface area (Å²) in [5, 5.41) is 11.9. The van der Waals surface area contributed by atoms with Crippen LogP contribution in [0.1, 0.15) is 11.1 Å². The van der Waals surface area contributed by atoms with E-state index in [0.717, 1.165) is 16.0 Å². The minimum Gasteiger partial charge on any atom is -0.486 e. The van der Waals surface area contributed by atoms with Crippen LogP contribution in [0.15, 0.2) is 52.8 Å². The number of imide groups is 1. The first-order chi connectivity index (χ1) is 15.5. The molecule has 0 spiro atoms. The van der Waals surface area contributed by atoms with Gasteiger partial charge in [0.05, 0.1) is 5.69 Å². The maximum Gasteiger partial charge on any atom is 0.263 e. The zero-order valence-corrected chi connectivity index (χ0v) is 17.4. The summed E-state index contributed by atoms with van der Waals surface area (Å²) in [5.74, 6) is -0.245. The van der Waals surface area contributed by atoms with E-state index >= 15 is 0 Å². The van der Waals surface area contributed by atoms with Gasteiger partial charge in [-0.3, -0.25) is 19.4 Å². The van der Waals surface area contributed by atoms with E-state index in [1.807, 2.05) is 31.2 Å². The van der Waals surface area contributed by atoms with Gasteiger partial charge in [-0.25, -0.2) is 4.90 Å². The second-order valence-corrected chi connectivity index (χ2v) is 7.79. The van der Waals surface area contributed by atoms with E-state index in [0.29, 0.717) is 36.9 Å². The smallest absolute Gasteiger partial charge is 0.263 e. The molecule has 0 aliphatic carbocycles. The van der Waals surface area contributed by atoms with E-state index < -0.39 is 23.9 Å². The maximum absolute atomic E-state index is 13.1. The third kappa shape index (κ3) is 3.53. The first kappa shape index (κ1) is 20.0. The molecule has 10 heteroatoms. The van der Waals surface area contributed by atoms with Crippen molar-refractivity contribution in [3.05, 3.63) is 53.6 Å². The van der Waals surface area contributed by atoms with Crippen LogP contribution in [-0.4, -0.2) is 54.6 Å². The first-order valence-corrected chi connectivity index (χ1v) is 10.3. The highest BCUT2D eigenvalue weighted by Gasteiger charge is 2.55. The predicted molar refractivity (Wildman–Crippen MR) is 112 cm³/mol. The van der Waals surface area contributed by atoms with Crippen molar-refractivity contribution < 1.29 is 23.9 Å². The third-order valence-electron chi connectivity index (χ3n) is 5.56. The summed E-state index contributed by atoms with van der Waals surface area (Å²) in [4.78, 5) is 39.5. The number of nitrogens with one attached hydrogen (secondary N) is 1. The highest BCUT2D eigenvalue weighted by atomic mass is 16.6. The second-order valence-electron chi connectivity index (χ2n) is 7.79. The Morgan fingerprint density at radius 3 is 2.59 bits per heavy atom. The predicted octanol–water partition coefficient (Wildman–Crippen LogP) is 1.38. The van der Waals surface area contributed by atoms with Crippen LogP contribution in [0, 0.1) is 6.92 Å². The molecule has 2 aromatic carbocycles. The van der Waals surface area contributed by atoms with Gasteiger partial charge < -0.3 is 14.8 Å². The molecule has 0 radical (unpaired) electrons. The van der Waals surface area contributed by atoms with Gasteiger partial charge in [0.25, 0.3) is 11.8 Å². The number of hydrogen-bond acceptors (Lipinski definition) is 8. The number of amides is 3. The summed E-state index contributed by atoms with van der Waals surface area (Å²) >= 11 is 0. The van der Waals surface area contributed by atoms with E-state index in [9.17, 15) is 14.4 Å². The summed E-state index contributed by atoms with van der Waals surface area (Å²) in [6, 6.07) is 10.8. The number of benzene rings is 2. The van der Waals surface area contributed by atoms with Crippen LogP contribution in [0.5, 0.6) is 11.5 Å². The molecule has 2 aromatic rings. The molecule has 32 heavy (non-hydrogen) atoms. The number of aryl methyl sites for hydroxylation is 1. The molecule has 164 valence electrons. The van der Waals surface area contributed by atoms with Crippen LogP contribution in [0.2, 0.25) is 0 Å². The standard InChI is InChI=1S/C22H21N5O5/c1-13-2-4-14(5-3-13)11-23-18(28)12-26-20-19(24-25-26)21(29)27(22(20)30)15-6-7-16-17(10-15)32-9-8-31-16/h2-7,10,19-20H,8-9,11-12H2,1H3,(H,23,28). The molecule has 1 saturated heterocycles. The lowest BCUT2D eigenvalue weighted by molar-refractivity contribution is -0.125. The number of rotatable bonds is 5. The van der Waals surface area contributed by atoms with Crippen LogP contribution in [0.3, 0.4) is 0 Å². The number of nitrogens with zero attached hydrogens (tertiary/aromatic N) is 4. The molecule has 3 aliphatic rings. The van der Waals surface area contributed by atoms with E-state index in [1.165, 1.54) is 5.01 Å². The highest BCUT2D eigenvalue weighted by molar-refractivity contribution is 6.25. The minimum absolute atomic E-state index is 0.176. The Balaban J connectivity index is 1.26. The molecule has 0 bridgehead atoms. The Hall–Kier alpha value is -3.95. The van der Waals surface area contributed by atoms with Gasteiger partial charge in [-0.05, 0) is 24.6 Å². The van der Waals surface area contributed by atoms with Crippen molar-refractivity contribution in [2.45, 2.75) is 25.6 Å².